The van der Waals surface area contributed by atoms with Gasteiger partial charge in [-0.2, -0.15) is 11.8 Å². The number of hydrogen-bond acceptors (Lipinski definition) is 5. The number of rotatable bonds is 0. The van der Waals surface area contributed by atoms with Crippen molar-refractivity contribution in [2.24, 2.45) is 5.41 Å². The molecule has 3 aliphatic heterocycles. The van der Waals surface area contributed by atoms with E-state index in [9.17, 15) is 9.59 Å². The van der Waals surface area contributed by atoms with Crippen LogP contribution in [0.5, 0.6) is 0 Å². The highest BCUT2D eigenvalue weighted by Gasteiger charge is 2.59. The number of hydrogen-bond donors (Lipinski definition) is 2. The molecule has 1 unspecified atom stereocenters. The zero-order valence-corrected chi connectivity index (χ0v) is 13.4. The number of para-hydroxylation sites is 1. The number of carbonyl (C=O) groups is 2. The normalized spacial score (nSPS) is 26.1. The van der Waals surface area contributed by atoms with Crippen molar-refractivity contribution < 1.29 is 9.59 Å². The van der Waals surface area contributed by atoms with Crippen molar-refractivity contribution >= 4 is 46.6 Å². The molecule has 3 aliphatic rings. The van der Waals surface area contributed by atoms with E-state index in [0.717, 1.165) is 29.3 Å². The quantitative estimate of drug-likeness (QED) is 0.540. The Morgan fingerprint density at radius 1 is 1.23 bits per heavy atom. The zero-order chi connectivity index (χ0) is 15.3. The van der Waals surface area contributed by atoms with E-state index in [1.165, 1.54) is 0 Å². The lowest BCUT2D eigenvalue weighted by Crippen LogP contribution is -2.72. The molecule has 4 rings (SSSR count). The molecular weight excluding hydrogens is 318 g/mol. The van der Waals surface area contributed by atoms with Gasteiger partial charge in [0, 0.05) is 23.7 Å². The number of nitrogens with zero attached hydrogens (tertiary/aromatic N) is 1. The van der Waals surface area contributed by atoms with Gasteiger partial charge < -0.3 is 15.5 Å². The van der Waals surface area contributed by atoms with Crippen molar-refractivity contribution in [2.75, 3.05) is 23.0 Å². The fourth-order valence-corrected chi connectivity index (χ4v) is 5.05. The Labute approximate surface area is 137 Å². The number of amides is 2. The average Bonchev–Trinajstić information content (AvgIpc) is 2.52. The van der Waals surface area contributed by atoms with Crippen LogP contribution in [-0.4, -0.2) is 41.0 Å². The van der Waals surface area contributed by atoms with Crippen LogP contribution in [0.1, 0.15) is 5.56 Å². The minimum atomic E-state index is -1.09. The maximum atomic E-state index is 12.8. The van der Waals surface area contributed by atoms with Crippen LogP contribution in [0, 0.1) is 5.41 Å². The van der Waals surface area contributed by atoms with Crippen LogP contribution in [0.3, 0.4) is 0 Å². The Morgan fingerprint density at radius 3 is 2.73 bits per heavy atom. The van der Waals surface area contributed by atoms with Gasteiger partial charge >= 0.3 is 0 Å². The number of anilines is 1. The van der Waals surface area contributed by atoms with E-state index in [0.29, 0.717) is 6.42 Å². The first-order valence-electron chi connectivity index (χ1n) is 7.22. The van der Waals surface area contributed by atoms with Crippen molar-refractivity contribution in [1.29, 1.82) is 0 Å². The van der Waals surface area contributed by atoms with E-state index in [1.54, 1.807) is 11.8 Å². The van der Waals surface area contributed by atoms with Crippen molar-refractivity contribution in [3.05, 3.63) is 29.8 Å². The van der Waals surface area contributed by atoms with E-state index < -0.39 is 5.41 Å². The van der Waals surface area contributed by atoms with Crippen molar-refractivity contribution in [3.63, 3.8) is 0 Å². The maximum absolute atomic E-state index is 12.8. The molecule has 22 heavy (non-hydrogen) atoms. The van der Waals surface area contributed by atoms with E-state index in [-0.39, 0.29) is 23.0 Å². The standard InChI is InChI=1S/C15H15N3O2S2/c19-12-15(13(20)17-14(21)16-12)7-9-3-1-2-4-10(9)18-5-6-22-8-11(15)18/h1-4,11H,5-8H2,(H2,16,17,19,20,21). The Morgan fingerprint density at radius 2 is 1.95 bits per heavy atom. The largest absolute Gasteiger partial charge is 0.365 e. The van der Waals surface area contributed by atoms with Gasteiger partial charge in [0.25, 0.3) is 0 Å². The molecule has 0 saturated carbocycles. The molecule has 0 bridgehead atoms. The molecule has 2 amide bonds. The third-order valence-corrected chi connectivity index (χ3v) is 5.96. The summed E-state index contributed by atoms with van der Waals surface area (Å²) in [5, 5.41) is 5.42. The molecule has 1 atom stereocenters. The molecule has 0 aromatic heterocycles. The highest BCUT2D eigenvalue weighted by atomic mass is 32.2. The molecule has 3 heterocycles. The first-order chi connectivity index (χ1) is 10.6. The van der Waals surface area contributed by atoms with Crippen molar-refractivity contribution in [2.45, 2.75) is 12.5 Å². The molecular formula is C15H15N3O2S2. The molecule has 7 heteroatoms. The Bertz CT molecular complexity index is 671. The van der Waals surface area contributed by atoms with Crippen molar-refractivity contribution in [1.82, 2.24) is 10.6 Å². The first-order valence-corrected chi connectivity index (χ1v) is 8.78. The van der Waals surface area contributed by atoms with Crippen LogP contribution < -0.4 is 15.5 Å². The van der Waals surface area contributed by atoms with Gasteiger partial charge in [-0.3, -0.25) is 9.59 Å². The van der Waals surface area contributed by atoms with Gasteiger partial charge in [0.05, 0.1) is 6.04 Å². The minimum Gasteiger partial charge on any atom is -0.365 e. The molecule has 1 spiro atoms. The summed E-state index contributed by atoms with van der Waals surface area (Å²) in [7, 11) is 0. The van der Waals surface area contributed by atoms with Gasteiger partial charge in [-0.15, -0.1) is 0 Å². The topological polar surface area (TPSA) is 61.4 Å². The van der Waals surface area contributed by atoms with Crippen LogP contribution in [0.2, 0.25) is 0 Å². The monoisotopic (exact) mass is 333 g/mol. The highest BCUT2D eigenvalue weighted by Crippen LogP contribution is 2.45. The van der Waals surface area contributed by atoms with Crippen LogP contribution in [0.25, 0.3) is 0 Å². The summed E-state index contributed by atoms with van der Waals surface area (Å²) in [6.45, 7) is 0.846. The summed E-state index contributed by atoms with van der Waals surface area (Å²) in [6.07, 6.45) is 0.422. The number of nitrogens with one attached hydrogen (secondary N) is 2. The van der Waals surface area contributed by atoms with Crippen LogP contribution in [-0.2, 0) is 16.0 Å². The third kappa shape index (κ3) is 1.82. The molecule has 2 saturated heterocycles. The van der Waals surface area contributed by atoms with Gasteiger partial charge in [-0.25, -0.2) is 0 Å². The number of thiocarbonyl (C=S) groups is 1. The molecule has 0 radical (unpaired) electrons. The number of fused-ring (bicyclic) bond motifs is 4. The molecule has 0 aliphatic carbocycles. The Hall–Kier alpha value is -1.60. The second kappa shape index (κ2) is 4.96. The fourth-order valence-electron chi connectivity index (χ4n) is 3.69. The lowest BCUT2D eigenvalue weighted by molar-refractivity contribution is -0.145. The first kappa shape index (κ1) is 14.0. The molecule has 2 fully saturated rings. The highest BCUT2D eigenvalue weighted by molar-refractivity contribution is 7.99. The summed E-state index contributed by atoms with van der Waals surface area (Å²) in [4.78, 5) is 27.7. The SMILES string of the molecule is O=C1NC(=S)NC(=O)C12Cc1ccccc1N1CCSCC12. The summed E-state index contributed by atoms with van der Waals surface area (Å²) < 4.78 is 0. The summed E-state index contributed by atoms with van der Waals surface area (Å²) in [5.41, 5.74) is 1.10. The van der Waals surface area contributed by atoms with Crippen LogP contribution in [0.4, 0.5) is 5.69 Å². The molecule has 2 N–H and O–H groups in total. The number of benzene rings is 1. The summed E-state index contributed by atoms with van der Waals surface area (Å²) in [5.74, 6) is 1.23. The van der Waals surface area contributed by atoms with Crippen LogP contribution in [0.15, 0.2) is 24.3 Å². The Balaban J connectivity index is 1.88. The van der Waals surface area contributed by atoms with Gasteiger partial charge in [-0.05, 0) is 30.3 Å². The average molecular weight is 333 g/mol. The van der Waals surface area contributed by atoms with E-state index in [4.69, 9.17) is 12.2 Å². The second-order valence-electron chi connectivity index (χ2n) is 5.80. The smallest absolute Gasteiger partial charge is 0.244 e. The van der Waals surface area contributed by atoms with E-state index in [2.05, 4.69) is 21.6 Å². The van der Waals surface area contributed by atoms with Gasteiger partial charge in [-0.1, -0.05) is 18.2 Å². The van der Waals surface area contributed by atoms with Crippen LogP contribution >= 0.6 is 24.0 Å². The summed E-state index contributed by atoms with van der Waals surface area (Å²) in [6, 6.07) is 7.90. The molecule has 1 aromatic carbocycles. The van der Waals surface area contributed by atoms with E-state index in [1.807, 2.05) is 18.2 Å². The van der Waals surface area contributed by atoms with Gasteiger partial charge in [0.15, 0.2) is 10.5 Å². The second-order valence-corrected chi connectivity index (χ2v) is 7.36. The molecule has 1 aromatic rings. The maximum Gasteiger partial charge on any atom is 0.244 e. The number of carbonyl (C=O) groups excluding carboxylic acids is 2. The Kier molecular flexibility index (Phi) is 3.16. The lowest BCUT2D eigenvalue weighted by atomic mass is 9.69. The van der Waals surface area contributed by atoms with Crippen molar-refractivity contribution in [3.8, 4) is 0 Å². The van der Waals surface area contributed by atoms with Gasteiger partial charge in [0.2, 0.25) is 11.8 Å². The van der Waals surface area contributed by atoms with Gasteiger partial charge in [0.1, 0.15) is 0 Å². The zero-order valence-electron chi connectivity index (χ0n) is 11.8. The predicted octanol–water partition coefficient (Wildman–Crippen LogP) is 0.682. The summed E-state index contributed by atoms with van der Waals surface area (Å²) >= 11 is 6.75. The molecule has 114 valence electrons. The predicted molar refractivity (Wildman–Crippen MR) is 89.9 cm³/mol. The minimum absolute atomic E-state index is 0.106. The molecule has 5 nitrogen and oxygen atoms in total. The van der Waals surface area contributed by atoms with E-state index >= 15 is 0 Å². The lowest BCUT2D eigenvalue weighted by Gasteiger charge is -2.52. The number of thioether (sulfide) groups is 1. The fraction of sp³-hybridized carbons (Fsp3) is 0.400. The third-order valence-electron chi connectivity index (χ3n) is 4.73.